The molecular formula is C3H4BrLi. The molecule has 0 spiro atoms. The second-order valence-corrected chi connectivity index (χ2v) is 0.890. The van der Waals surface area contributed by atoms with Crippen molar-refractivity contribution in [2.45, 2.75) is 0 Å². The summed E-state index contributed by atoms with van der Waals surface area (Å²) in [6.45, 7) is 3.38. The Hall–Kier alpha value is 0.687. The van der Waals surface area contributed by atoms with Crippen molar-refractivity contribution in [1.29, 1.82) is 0 Å². The van der Waals surface area contributed by atoms with E-state index in [4.69, 9.17) is 0 Å². The summed E-state index contributed by atoms with van der Waals surface area (Å²) in [6, 6.07) is 0. The van der Waals surface area contributed by atoms with E-state index in [1.807, 2.05) is 0 Å². The SMILES string of the molecule is [CH2-]/C=C/Br.[Li+]. The molecule has 0 aromatic rings. The fourth-order valence-electron chi connectivity index (χ4n) is 0. The maximum absolute atomic E-state index is 3.38. The van der Waals surface area contributed by atoms with Gasteiger partial charge in [0.25, 0.3) is 0 Å². The summed E-state index contributed by atoms with van der Waals surface area (Å²) < 4.78 is 0. The molecular weight excluding hydrogens is 123 g/mol. The van der Waals surface area contributed by atoms with E-state index >= 15 is 0 Å². The number of allylic oxidation sites excluding steroid dienone is 1. The molecule has 0 heterocycles. The van der Waals surface area contributed by atoms with Crippen molar-refractivity contribution >= 4 is 15.9 Å². The van der Waals surface area contributed by atoms with Gasteiger partial charge in [-0.15, -0.1) is 0 Å². The van der Waals surface area contributed by atoms with Crippen LogP contribution in [-0.4, -0.2) is 0 Å². The molecule has 0 bridgehead atoms. The van der Waals surface area contributed by atoms with Gasteiger partial charge in [0.15, 0.2) is 0 Å². The number of rotatable bonds is 0. The van der Waals surface area contributed by atoms with Crippen LogP contribution < -0.4 is 18.9 Å². The first-order valence-electron chi connectivity index (χ1n) is 0.960. The predicted octanol–water partition coefficient (Wildman–Crippen LogP) is -1.27. The standard InChI is InChI=1S/C3H4Br.Li/c1-2-3-4;/h2-3H,1H2;/q-1;+1/b3-2+;. The van der Waals surface area contributed by atoms with Crippen molar-refractivity contribution in [2.24, 2.45) is 0 Å². The zero-order valence-electron chi connectivity index (χ0n) is 3.24. The Bertz CT molecular complexity index is 22.1. The maximum atomic E-state index is 3.38. The van der Waals surface area contributed by atoms with Crippen molar-refractivity contribution in [3.05, 3.63) is 18.0 Å². The maximum Gasteiger partial charge on any atom is 1.00 e. The zero-order chi connectivity index (χ0) is 3.41. The third kappa shape index (κ3) is 11.9. The van der Waals surface area contributed by atoms with E-state index in [-0.39, 0.29) is 18.9 Å². The Morgan fingerprint density at radius 1 is 1.60 bits per heavy atom. The van der Waals surface area contributed by atoms with Gasteiger partial charge in [-0.2, -0.15) is 20.9 Å². The predicted molar refractivity (Wildman–Crippen MR) is 23.4 cm³/mol. The van der Waals surface area contributed by atoms with Crippen LogP contribution in [0.4, 0.5) is 0 Å². The topological polar surface area (TPSA) is 0 Å². The summed E-state index contributed by atoms with van der Waals surface area (Å²) in [4.78, 5) is 1.70. The normalized spacial score (nSPS) is 7.40. The van der Waals surface area contributed by atoms with Gasteiger partial charge in [0.1, 0.15) is 0 Å². The molecule has 0 radical (unpaired) electrons. The minimum absolute atomic E-state index is 0. The Labute approximate surface area is 52.9 Å². The van der Waals surface area contributed by atoms with Crippen LogP contribution in [0.15, 0.2) is 11.1 Å². The van der Waals surface area contributed by atoms with Crippen molar-refractivity contribution in [3.8, 4) is 0 Å². The van der Waals surface area contributed by atoms with Gasteiger partial charge in [-0.1, -0.05) is 0 Å². The van der Waals surface area contributed by atoms with E-state index in [9.17, 15) is 0 Å². The first-order chi connectivity index (χ1) is 1.91. The molecule has 0 atom stereocenters. The molecule has 0 saturated heterocycles. The molecule has 0 amide bonds. The number of halogens is 1. The third-order valence-electron chi connectivity index (χ3n) is 0.0891. The van der Waals surface area contributed by atoms with Crippen LogP contribution in [0.2, 0.25) is 0 Å². The molecule has 0 nitrogen and oxygen atoms in total. The van der Waals surface area contributed by atoms with Gasteiger partial charge in [0.2, 0.25) is 0 Å². The van der Waals surface area contributed by atoms with Gasteiger partial charge in [0.05, 0.1) is 0 Å². The molecule has 0 fully saturated rings. The zero-order valence-corrected chi connectivity index (χ0v) is 4.83. The van der Waals surface area contributed by atoms with Crippen LogP contribution in [0.25, 0.3) is 0 Å². The summed E-state index contributed by atoms with van der Waals surface area (Å²) in [7, 11) is 0. The fourth-order valence-corrected chi connectivity index (χ4v) is 0. The minimum Gasteiger partial charge on any atom is -0.244 e. The molecule has 0 aliphatic rings. The Morgan fingerprint density at radius 3 is 1.80 bits per heavy atom. The quantitative estimate of drug-likeness (QED) is 0.281. The molecule has 0 N–H and O–H groups in total. The van der Waals surface area contributed by atoms with Crippen LogP contribution in [0.3, 0.4) is 0 Å². The van der Waals surface area contributed by atoms with Gasteiger partial charge < -0.3 is 0 Å². The fraction of sp³-hybridized carbons (Fsp3) is 0. The third-order valence-corrected chi connectivity index (χ3v) is 0.463. The summed E-state index contributed by atoms with van der Waals surface area (Å²) >= 11 is 3.01. The second kappa shape index (κ2) is 8.82. The van der Waals surface area contributed by atoms with Gasteiger partial charge >= 0.3 is 18.9 Å². The Kier molecular flexibility index (Phi) is 16.2. The molecule has 5 heavy (non-hydrogen) atoms. The van der Waals surface area contributed by atoms with E-state index in [1.54, 1.807) is 11.1 Å². The largest absolute Gasteiger partial charge is 1.00 e. The molecule has 0 aliphatic carbocycles. The summed E-state index contributed by atoms with van der Waals surface area (Å²) in [5, 5.41) is 0. The van der Waals surface area contributed by atoms with Gasteiger partial charge in [-0.05, 0) is 0 Å². The summed E-state index contributed by atoms with van der Waals surface area (Å²) in [5.74, 6) is 0. The molecule has 0 saturated carbocycles. The van der Waals surface area contributed by atoms with Crippen LogP contribution in [0, 0.1) is 6.92 Å². The van der Waals surface area contributed by atoms with E-state index in [0.717, 1.165) is 0 Å². The van der Waals surface area contributed by atoms with Crippen molar-refractivity contribution in [1.82, 2.24) is 0 Å². The van der Waals surface area contributed by atoms with Crippen LogP contribution in [0.5, 0.6) is 0 Å². The average Bonchev–Trinajstić information content (AvgIpc) is 1.37. The first kappa shape index (κ1) is 9.19. The van der Waals surface area contributed by atoms with Gasteiger partial charge in [0, 0.05) is 0 Å². The number of hydrogen-bond acceptors (Lipinski definition) is 0. The van der Waals surface area contributed by atoms with Crippen LogP contribution in [-0.2, 0) is 0 Å². The minimum atomic E-state index is 0. The smallest absolute Gasteiger partial charge is 0.244 e. The molecule has 24 valence electrons. The molecule has 0 aromatic heterocycles. The molecule has 0 aliphatic heterocycles. The van der Waals surface area contributed by atoms with E-state index in [0.29, 0.717) is 0 Å². The van der Waals surface area contributed by atoms with Gasteiger partial charge in [-0.3, -0.25) is 0 Å². The van der Waals surface area contributed by atoms with Gasteiger partial charge in [-0.25, -0.2) is 13.0 Å². The second-order valence-electron chi connectivity index (χ2n) is 0.362. The molecule has 0 unspecified atom stereocenters. The Morgan fingerprint density at radius 2 is 1.80 bits per heavy atom. The molecule has 0 aromatic carbocycles. The van der Waals surface area contributed by atoms with Crippen molar-refractivity contribution in [3.63, 3.8) is 0 Å². The van der Waals surface area contributed by atoms with E-state index in [2.05, 4.69) is 22.9 Å². The van der Waals surface area contributed by atoms with E-state index < -0.39 is 0 Å². The van der Waals surface area contributed by atoms with Crippen LogP contribution in [0.1, 0.15) is 0 Å². The van der Waals surface area contributed by atoms with Crippen molar-refractivity contribution in [2.75, 3.05) is 0 Å². The summed E-state index contributed by atoms with van der Waals surface area (Å²) in [5.41, 5.74) is 0. The molecule has 2 heteroatoms. The number of hydrogen-bond donors (Lipinski definition) is 0. The first-order valence-corrected chi connectivity index (χ1v) is 1.88. The molecule has 0 rings (SSSR count). The Balaban J connectivity index is 0. The summed E-state index contributed by atoms with van der Waals surface area (Å²) in [6.07, 6.45) is 1.67. The monoisotopic (exact) mass is 126 g/mol. The van der Waals surface area contributed by atoms with Crippen molar-refractivity contribution < 1.29 is 18.9 Å². The van der Waals surface area contributed by atoms with Crippen LogP contribution >= 0.6 is 15.9 Å². The van der Waals surface area contributed by atoms with E-state index in [1.165, 1.54) is 0 Å². The average molecular weight is 127 g/mol.